The van der Waals surface area contributed by atoms with E-state index in [9.17, 15) is 0 Å². The monoisotopic (exact) mass is 247 g/mol. The van der Waals surface area contributed by atoms with Gasteiger partial charge in [-0.2, -0.15) is 5.26 Å². The number of anilines is 1. The Hall–Kier alpha value is -1.73. The number of hydrogen-bond donors (Lipinski definition) is 2. The van der Waals surface area contributed by atoms with Crippen LogP contribution in [-0.2, 0) is 0 Å². The normalized spacial score (nSPS) is 10.8. The van der Waals surface area contributed by atoms with Gasteiger partial charge < -0.3 is 15.4 Å². The van der Waals surface area contributed by atoms with Crippen molar-refractivity contribution < 1.29 is 4.74 Å². The number of nitriles is 1. The average molecular weight is 247 g/mol. The van der Waals surface area contributed by atoms with Gasteiger partial charge in [-0.05, 0) is 45.0 Å². The van der Waals surface area contributed by atoms with Gasteiger partial charge in [0.05, 0.1) is 0 Å². The van der Waals surface area contributed by atoms with Gasteiger partial charge in [0.15, 0.2) is 6.61 Å². The van der Waals surface area contributed by atoms with E-state index in [0.717, 1.165) is 24.5 Å². The first-order chi connectivity index (χ1) is 8.51. The van der Waals surface area contributed by atoms with Gasteiger partial charge in [0, 0.05) is 24.3 Å². The second kappa shape index (κ2) is 6.87. The molecule has 0 aliphatic rings. The van der Waals surface area contributed by atoms with Crippen LogP contribution in [0.2, 0.25) is 0 Å². The number of nitrogens with zero attached hydrogens (tertiary/aromatic N) is 1. The smallest absolute Gasteiger partial charge is 0.174 e. The average Bonchev–Trinajstić information content (AvgIpc) is 2.32. The largest absolute Gasteiger partial charge is 0.479 e. The maximum atomic E-state index is 8.40. The Kier molecular flexibility index (Phi) is 5.47. The second-order valence-corrected chi connectivity index (χ2v) is 5.07. The molecule has 0 radical (unpaired) electrons. The highest BCUT2D eigenvalue weighted by atomic mass is 16.5. The first-order valence-corrected chi connectivity index (χ1v) is 6.10. The van der Waals surface area contributed by atoms with Gasteiger partial charge >= 0.3 is 0 Å². The fraction of sp³-hybridized carbons (Fsp3) is 0.500. The summed E-state index contributed by atoms with van der Waals surface area (Å²) >= 11 is 0. The highest BCUT2D eigenvalue weighted by Gasteiger charge is 2.06. The summed E-state index contributed by atoms with van der Waals surface area (Å²) in [6.45, 7) is 8.31. The molecule has 4 heteroatoms. The lowest BCUT2D eigenvalue weighted by molar-refractivity contribution is 0.368. The Balaban J connectivity index is 2.29. The second-order valence-electron chi connectivity index (χ2n) is 5.07. The Morgan fingerprint density at radius 3 is 2.39 bits per heavy atom. The summed E-state index contributed by atoms with van der Waals surface area (Å²) in [7, 11) is 0. The molecule has 0 heterocycles. The number of benzene rings is 1. The number of ether oxygens (including phenoxy) is 1. The van der Waals surface area contributed by atoms with Crippen molar-refractivity contribution >= 4 is 5.69 Å². The molecule has 0 aliphatic heterocycles. The Morgan fingerprint density at radius 2 is 1.83 bits per heavy atom. The molecule has 0 fully saturated rings. The van der Waals surface area contributed by atoms with Crippen LogP contribution < -0.4 is 15.4 Å². The summed E-state index contributed by atoms with van der Waals surface area (Å²) in [5.41, 5.74) is 1.20. The van der Waals surface area contributed by atoms with Crippen LogP contribution in [0.25, 0.3) is 0 Å². The molecule has 1 rings (SSSR count). The molecule has 0 bridgehead atoms. The molecule has 0 saturated heterocycles. The van der Waals surface area contributed by atoms with E-state index in [0.29, 0.717) is 0 Å². The quantitative estimate of drug-likeness (QED) is 0.758. The third-order valence-electron chi connectivity index (χ3n) is 2.27. The van der Waals surface area contributed by atoms with Crippen molar-refractivity contribution in [2.24, 2.45) is 0 Å². The summed E-state index contributed by atoms with van der Waals surface area (Å²) < 4.78 is 5.18. The standard InChI is InChI=1S/C14H21N3O/c1-14(2,3)17-10-9-16-12-4-6-13(7-5-12)18-11-8-15/h4-7,16-17H,9-11H2,1-3H3. The van der Waals surface area contributed by atoms with Gasteiger partial charge in [0.25, 0.3) is 0 Å². The van der Waals surface area contributed by atoms with E-state index in [4.69, 9.17) is 10.00 Å². The zero-order valence-corrected chi connectivity index (χ0v) is 11.3. The fourth-order valence-electron chi connectivity index (χ4n) is 1.43. The van der Waals surface area contributed by atoms with E-state index >= 15 is 0 Å². The van der Waals surface area contributed by atoms with Crippen molar-refractivity contribution in [1.82, 2.24) is 5.32 Å². The molecule has 1 aromatic carbocycles. The van der Waals surface area contributed by atoms with Crippen LogP contribution in [0.3, 0.4) is 0 Å². The molecule has 0 spiro atoms. The predicted octanol–water partition coefficient (Wildman–Crippen LogP) is 2.39. The van der Waals surface area contributed by atoms with E-state index in [2.05, 4.69) is 31.4 Å². The molecule has 0 atom stereocenters. The van der Waals surface area contributed by atoms with Crippen molar-refractivity contribution in [3.63, 3.8) is 0 Å². The summed E-state index contributed by atoms with van der Waals surface area (Å²) in [6.07, 6.45) is 0. The first-order valence-electron chi connectivity index (χ1n) is 6.10. The van der Waals surface area contributed by atoms with Crippen molar-refractivity contribution in [3.05, 3.63) is 24.3 Å². The minimum atomic E-state index is 0.0856. The van der Waals surface area contributed by atoms with Crippen LogP contribution in [0.5, 0.6) is 5.75 Å². The van der Waals surface area contributed by atoms with Crippen molar-refractivity contribution in [2.75, 3.05) is 25.0 Å². The van der Waals surface area contributed by atoms with E-state index in [1.165, 1.54) is 0 Å². The highest BCUT2D eigenvalue weighted by Crippen LogP contribution is 2.15. The Bertz CT molecular complexity index is 387. The third-order valence-corrected chi connectivity index (χ3v) is 2.27. The van der Waals surface area contributed by atoms with Crippen LogP contribution in [0.1, 0.15) is 20.8 Å². The lowest BCUT2D eigenvalue weighted by atomic mass is 10.1. The number of nitrogens with one attached hydrogen (secondary N) is 2. The summed E-state index contributed by atoms with van der Waals surface area (Å²) in [5.74, 6) is 0.718. The van der Waals surface area contributed by atoms with Crippen LogP contribution in [0, 0.1) is 11.3 Å². The summed E-state index contributed by atoms with van der Waals surface area (Å²) in [5, 5.41) is 15.1. The molecular formula is C14H21N3O. The topological polar surface area (TPSA) is 57.1 Å². The molecule has 0 amide bonds. The van der Waals surface area contributed by atoms with Gasteiger partial charge in [-0.15, -0.1) is 0 Å². The molecule has 0 aliphatic carbocycles. The molecule has 2 N–H and O–H groups in total. The van der Waals surface area contributed by atoms with E-state index in [1.54, 1.807) is 0 Å². The third kappa shape index (κ3) is 6.12. The minimum absolute atomic E-state index is 0.0856. The van der Waals surface area contributed by atoms with Crippen LogP contribution >= 0.6 is 0 Å². The van der Waals surface area contributed by atoms with Gasteiger partial charge in [-0.3, -0.25) is 0 Å². The zero-order chi connectivity index (χ0) is 13.4. The minimum Gasteiger partial charge on any atom is -0.479 e. The van der Waals surface area contributed by atoms with Crippen molar-refractivity contribution in [2.45, 2.75) is 26.3 Å². The number of rotatable bonds is 6. The van der Waals surface area contributed by atoms with Crippen LogP contribution in [0.4, 0.5) is 5.69 Å². The molecule has 0 saturated carbocycles. The highest BCUT2D eigenvalue weighted by molar-refractivity contribution is 5.46. The van der Waals surface area contributed by atoms with Gasteiger partial charge in [-0.1, -0.05) is 0 Å². The molecule has 0 unspecified atom stereocenters. The van der Waals surface area contributed by atoms with Crippen LogP contribution in [0.15, 0.2) is 24.3 Å². The molecule has 0 aromatic heterocycles. The molecule has 4 nitrogen and oxygen atoms in total. The molecule has 1 aromatic rings. The Morgan fingerprint density at radius 1 is 1.17 bits per heavy atom. The van der Waals surface area contributed by atoms with Gasteiger partial charge in [0.2, 0.25) is 0 Å². The van der Waals surface area contributed by atoms with Gasteiger partial charge in [0.1, 0.15) is 11.8 Å². The summed E-state index contributed by atoms with van der Waals surface area (Å²) in [4.78, 5) is 0. The van der Waals surface area contributed by atoms with E-state index in [-0.39, 0.29) is 12.1 Å². The maximum absolute atomic E-state index is 8.40. The lowest BCUT2D eigenvalue weighted by Crippen LogP contribution is -2.38. The fourth-order valence-corrected chi connectivity index (χ4v) is 1.43. The zero-order valence-electron chi connectivity index (χ0n) is 11.3. The maximum Gasteiger partial charge on any atom is 0.174 e. The van der Waals surface area contributed by atoms with Crippen LogP contribution in [-0.4, -0.2) is 25.2 Å². The molecule has 98 valence electrons. The molecule has 18 heavy (non-hydrogen) atoms. The molecular weight excluding hydrogens is 226 g/mol. The van der Waals surface area contributed by atoms with Crippen molar-refractivity contribution in [3.8, 4) is 11.8 Å². The lowest BCUT2D eigenvalue weighted by Gasteiger charge is -2.20. The van der Waals surface area contributed by atoms with Gasteiger partial charge in [-0.25, -0.2) is 0 Å². The first kappa shape index (κ1) is 14.3. The predicted molar refractivity (Wildman–Crippen MR) is 73.8 cm³/mol. The van der Waals surface area contributed by atoms with E-state index in [1.807, 2.05) is 30.3 Å². The SMILES string of the molecule is CC(C)(C)NCCNc1ccc(OCC#N)cc1. The van der Waals surface area contributed by atoms with E-state index < -0.39 is 0 Å². The Labute approximate surface area is 109 Å². The number of hydrogen-bond acceptors (Lipinski definition) is 4. The summed E-state index contributed by atoms with van der Waals surface area (Å²) in [6, 6.07) is 9.55. The van der Waals surface area contributed by atoms with Crippen molar-refractivity contribution in [1.29, 1.82) is 5.26 Å².